The molecule has 0 bridgehead atoms. The Bertz CT molecular complexity index is 395. The summed E-state index contributed by atoms with van der Waals surface area (Å²) in [6, 6.07) is 3.63. The van der Waals surface area contributed by atoms with Crippen molar-refractivity contribution in [1.29, 1.82) is 0 Å². The van der Waals surface area contributed by atoms with E-state index in [-0.39, 0.29) is 23.6 Å². The molecule has 1 aromatic carbocycles. The molecular formula is C12H17NO4. The number of aliphatic hydroxyl groups is 1. The summed E-state index contributed by atoms with van der Waals surface area (Å²) in [6.07, 6.45) is 0.512. The topological polar surface area (TPSA) is 89.8 Å². The minimum Gasteiger partial charge on any atom is -0.508 e. The summed E-state index contributed by atoms with van der Waals surface area (Å²) < 4.78 is 0. The van der Waals surface area contributed by atoms with Crippen molar-refractivity contribution in [2.24, 2.45) is 0 Å². The highest BCUT2D eigenvalue weighted by Crippen LogP contribution is 2.20. The van der Waals surface area contributed by atoms with Gasteiger partial charge in [0.2, 0.25) is 0 Å². The number of carbonyl (C=O) groups excluding carboxylic acids is 1. The summed E-state index contributed by atoms with van der Waals surface area (Å²) in [6.45, 7) is 3.54. The third-order valence-corrected chi connectivity index (χ3v) is 2.56. The van der Waals surface area contributed by atoms with Crippen LogP contribution >= 0.6 is 0 Å². The van der Waals surface area contributed by atoms with Crippen molar-refractivity contribution in [2.75, 3.05) is 6.54 Å². The highest BCUT2D eigenvalue weighted by molar-refractivity contribution is 5.95. The number of amides is 1. The predicted molar refractivity (Wildman–Crippen MR) is 63.0 cm³/mol. The number of nitrogens with one attached hydrogen (secondary N) is 1. The van der Waals surface area contributed by atoms with Gasteiger partial charge in [-0.1, -0.05) is 6.92 Å². The zero-order chi connectivity index (χ0) is 13.1. The highest BCUT2D eigenvalue weighted by atomic mass is 16.3. The van der Waals surface area contributed by atoms with Crippen LogP contribution in [0, 0.1) is 0 Å². The SMILES string of the molecule is CCC(C)(O)CNC(=O)c1cc(O)cc(O)c1. The van der Waals surface area contributed by atoms with Crippen molar-refractivity contribution in [1.82, 2.24) is 5.32 Å². The molecule has 1 unspecified atom stereocenters. The van der Waals surface area contributed by atoms with Crippen LogP contribution in [0.4, 0.5) is 0 Å². The zero-order valence-corrected chi connectivity index (χ0v) is 9.90. The molecule has 4 N–H and O–H groups in total. The Hall–Kier alpha value is -1.75. The maximum absolute atomic E-state index is 11.7. The number of phenols is 2. The molecule has 5 nitrogen and oxygen atoms in total. The fraction of sp³-hybridized carbons (Fsp3) is 0.417. The number of benzene rings is 1. The molecule has 94 valence electrons. The van der Waals surface area contributed by atoms with E-state index in [9.17, 15) is 20.1 Å². The molecule has 0 aliphatic heterocycles. The Balaban J connectivity index is 2.70. The molecule has 0 fully saturated rings. The minimum atomic E-state index is -0.964. The van der Waals surface area contributed by atoms with E-state index in [1.165, 1.54) is 12.1 Å². The van der Waals surface area contributed by atoms with E-state index in [1.54, 1.807) is 6.92 Å². The molecule has 0 radical (unpaired) electrons. The fourth-order valence-corrected chi connectivity index (χ4v) is 1.22. The highest BCUT2D eigenvalue weighted by Gasteiger charge is 2.19. The lowest BCUT2D eigenvalue weighted by molar-refractivity contribution is 0.0518. The minimum absolute atomic E-state index is 0.110. The standard InChI is InChI=1S/C12H17NO4/c1-3-12(2,17)7-13-11(16)8-4-9(14)6-10(15)5-8/h4-6,14-15,17H,3,7H2,1-2H3,(H,13,16). The van der Waals surface area contributed by atoms with Gasteiger partial charge in [0, 0.05) is 18.2 Å². The molecule has 0 saturated carbocycles. The predicted octanol–water partition coefficient (Wildman–Crippen LogP) is 0.989. The van der Waals surface area contributed by atoms with E-state index in [0.29, 0.717) is 6.42 Å². The van der Waals surface area contributed by atoms with Gasteiger partial charge in [-0.15, -0.1) is 0 Å². The molecule has 0 aliphatic rings. The van der Waals surface area contributed by atoms with Crippen LogP contribution in [0.1, 0.15) is 30.6 Å². The first-order valence-electron chi connectivity index (χ1n) is 5.37. The van der Waals surface area contributed by atoms with Gasteiger partial charge in [0.15, 0.2) is 0 Å². The quantitative estimate of drug-likeness (QED) is 0.630. The molecule has 0 heterocycles. The van der Waals surface area contributed by atoms with Gasteiger partial charge in [-0.25, -0.2) is 0 Å². The monoisotopic (exact) mass is 239 g/mol. The van der Waals surface area contributed by atoms with Crippen LogP contribution in [0.15, 0.2) is 18.2 Å². The Kier molecular flexibility index (Phi) is 3.96. The van der Waals surface area contributed by atoms with Gasteiger partial charge < -0.3 is 20.6 Å². The number of hydrogen-bond acceptors (Lipinski definition) is 4. The summed E-state index contributed by atoms with van der Waals surface area (Å²) in [5.74, 6) is -0.820. The second-order valence-electron chi connectivity index (χ2n) is 4.27. The lowest BCUT2D eigenvalue weighted by Gasteiger charge is -2.21. The van der Waals surface area contributed by atoms with Crippen molar-refractivity contribution in [3.63, 3.8) is 0 Å². The number of phenolic OH excluding ortho intramolecular Hbond substituents is 2. The summed E-state index contributed by atoms with van der Waals surface area (Å²) in [4.78, 5) is 11.7. The lowest BCUT2D eigenvalue weighted by atomic mass is 10.0. The van der Waals surface area contributed by atoms with Crippen LogP contribution in [0.25, 0.3) is 0 Å². The Morgan fingerprint density at radius 1 is 1.29 bits per heavy atom. The van der Waals surface area contributed by atoms with Gasteiger partial charge in [-0.3, -0.25) is 4.79 Å². The van der Waals surface area contributed by atoms with Crippen LogP contribution in [-0.4, -0.2) is 33.4 Å². The number of hydrogen-bond donors (Lipinski definition) is 4. The third-order valence-electron chi connectivity index (χ3n) is 2.56. The normalized spacial score (nSPS) is 14.1. The molecule has 1 aromatic rings. The van der Waals surface area contributed by atoms with Crippen LogP contribution < -0.4 is 5.32 Å². The molecule has 1 amide bonds. The van der Waals surface area contributed by atoms with Crippen LogP contribution in [0.2, 0.25) is 0 Å². The first kappa shape index (κ1) is 13.3. The zero-order valence-electron chi connectivity index (χ0n) is 9.90. The Morgan fingerprint density at radius 2 is 1.82 bits per heavy atom. The lowest BCUT2D eigenvalue weighted by Crippen LogP contribution is -2.40. The molecule has 0 aliphatic carbocycles. The number of aromatic hydroxyl groups is 2. The van der Waals surface area contributed by atoms with Crippen LogP contribution in [0.3, 0.4) is 0 Å². The molecule has 0 spiro atoms. The second-order valence-corrected chi connectivity index (χ2v) is 4.27. The van der Waals surface area contributed by atoms with Crippen molar-refractivity contribution >= 4 is 5.91 Å². The number of carbonyl (C=O) groups is 1. The van der Waals surface area contributed by atoms with Gasteiger partial charge in [0.1, 0.15) is 11.5 Å². The molecule has 0 aromatic heterocycles. The average Bonchev–Trinajstić information content (AvgIpc) is 2.24. The Morgan fingerprint density at radius 3 is 2.29 bits per heavy atom. The van der Waals surface area contributed by atoms with Gasteiger partial charge in [0.25, 0.3) is 5.91 Å². The molecule has 5 heteroatoms. The van der Waals surface area contributed by atoms with Gasteiger partial charge in [-0.2, -0.15) is 0 Å². The van der Waals surface area contributed by atoms with E-state index in [2.05, 4.69) is 5.32 Å². The first-order chi connectivity index (χ1) is 7.84. The summed E-state index contributed by atoms with van der Waals surface area (Å²) >= 11 is 0. The van der Waals surface area contributed by atoms with Crippen molar-refractivity contribution in [3.05, 3.63) is 23.8 Å². The molecule has 0 saturated heterocycles. The summed E-state index contributed by atoms with van der Waals surface area (Å²) in [7, 11) is 0. The van der Waals surface area contributed by atoms with Crippen molar-refractivity contribution < 1.29 is 20.1 Å². The maximum Gasteiger partial charge on any atom is 0.251 e. The average molecular weight is 239 g/mol. The smallest absolute Gasteiger partial charge is 0.251 e. The summed E-state index contributed by atoms with van der Waals surface area (Å²) in [5.41, 5.74) is -0.816. The first-order valence-corrected chi connectivity index (χ1v) is 5.37. The van der Waals surface area contributed by atoms with E-state index in [4.69, 9.17) is 0 Å². The van der Waals surface area contributed by atoms with Crippen molar-refractivity contribution in [3.8, 4) is 11.5 Å². The Labute approximate surface area is 99.7 Å². The molecular weight excluding hydrogens is 222 g/mol. The molecule has 1 rings (SSSR count). The molecule has 17 heavy (non-hydrogen) atoms. The van der Waals surface area contributed by atoms with Crippen LogP contribution in [0.5, 0.6) is 11.5 Å². The van der Waals surface area contributed by atoms with E-state index < -0.39 is 11.5 Å². The van der Waals surface area contributed by atoms with Gasteiger partial charge >= 0.3 is 0 Å². The van der Waals surface area contributed by atoms with E-state index >= 15 is 0 Å². The molecule has 1 atom stereocenters. The van der Waals surface area contributed by atoms with Crippen LogP contribution in [-0.2, 0) is 0 Å². The maximum atomic E-state index is 11.7. The van der Waals surface area contributed by atoms with E-state index in [0.717, 1.165) is 6.07 Å². The largest absolute Gasteiger partial charge is 0.508 e. The second kappa shape index (κ2) is 5.05. The van der Waals surface area contributed by atoms with Crippen molar-refractivity contribution in [2.45, 2.75) is 25.9 Å². The van der Waals surface area contributed by atoms with Gasteiger partial charge in [0.05, 0.1) is 5.60 Å². The third kappa shape index (κ3) is 3.96. The summed E-state index contributed by atoms with van der Waals surface area (Å²) in [5, 5.41) is 30.7. The fourth-order valence-electron chi connectivity index (χ4n) is 1.22. The van der Waals surface area contributed by atoms with E-state index in [1.807, 2.05) is 6.92 Å². The van der Waals surface area contributed by atoms with Gasteiger partial charge in [-0.05, 0) is 25.5 Å². The number of rotatable bonds is 4.